The number of aromatic nitrogens is 1. The highest BCUT2D eigenvalue weighted by atomic mass is 32.1. The number of hydrogen-bond donors (Lipinski definition) is 2. The van der Waals surface area contributed by atoms with Crippen LogP contribution < -0.4 is 10.6 Å². The van der Waals surface area contributed by atoms with E-state index in [2.05, 4.69) is 15.6 Å². The van der Waals surface area contributed by atoms with Crippen molar-refractivity contribution >= 4 is 17.4 Å². The van der Waals surface area contributed by atoms with E-state index in [1.165, 1.54) is 4.88 Å². The molecule has 21 heavy (non-hydrogen) atoms. The molecule has 0 fully saturated rings. The normalized spacial score (nSPS) is 11.9. The van der Waals surface area contributed by atoms with Crippen molar-refractivity contribution in [1.82, 2.24) is 15.6 Å². The van der Waals surface area contributed by atoms with Gasteiger partial charge in [0, 0.05) is 24.5 Å². The van der Waals surface area contributed by atoms with Crippen molar-refractivity contribution in [3.63, 3.8) is 0 Å². The van der Waals surface area contributed by atoms with Crippen molar-refractivity contribution in [3.05, 3.63) is 27.7 Å². The molecule has 2 N–H and O–H groups in total. The molecule has 0 bridgehead atoms. The van der Waals surface area contributed by atoms with Crippen molar-refractivity contribution in [2.45, 2.75) is 46.8 Å². The van der Waals surface area contributed by atoms with Gasteiger partial charge in [-0.25, -0.2) is 9.78 Å². The maximum absolute atomic E-state index is 11.4. The quantitative estimate of drug-likeness (QED) is 0.626. The van der Waals surface area contributed by atoms with Gasteiger partial charge in [0.1, 0.15) is 5.60 Å². The minimum atomic E-state index is -0.458. The summed E-state index contributed by atoms with van der Waals surface area (Å²) in [4.78, 5) is 17.0. The van der Waals surface area contributed by atoms with Crippen LogP contribution in [0, 0.1) is 13.8 Å². The summed E-state index contributed by atoms with van der Waals surface area (Å²) in [7, 11) is 0. The number of amides is 1. The molecule has 118 valence electrons. The fourth-order valence-corrected chi connectivity index (χ4v) is 2.54. The Bertz CT molecular complexity index is 490. The van der Waals surface area contributed by atoms with Crippen LogP contribution in [-0.2, 0) is 11.3 Å². The third-order valence-corrected chi connectivity index (χ3v) is 3.55. The molecule has 1 aromatic rings. The lowest BCUT2D eigenvalue weighted by Gasteiger charge is -2.19. The fraction of sp³-hybridized carbons (Fsp3) is 0.600. The van der Waals surface area contributed by atoms with Crippen LogP contribution in [0.2, 0.25) is 0 Å². The van der Waals surface area contributed by atoms with E-state index >= 15 is 0 Å². The summed E-state index contributed by atoms with van der Waals surface area (Å²) in [6, 6.07) is 0. The second kappa shape index (κ2) is 8.14. The minimum Gasteiger partial charge on any atom is -0.444 e. The number of hydrogen-bond acceptors (Lipinski definition) is 5. The number of alkyl carbamates (subject to hydrolysis) is 1. The van der Waals surface area contributed by atoms with Crippen molar-refractivity contribution in [1.29, 1.82) is 0 Å². The number of nitrogens with zero attached hydrogens (tertiary/aromatic N) is 1. The average molecular weight is 311 g/mol. The summed E-state index contributed by atoms with van der Waals surface area (Å²) in [6.07, 6.45) is 3.50. The highest BCUT2D eigenvalue weighted by Gasteiger charge is 2.14. The first-order valence-corrected chi connectivity index (χ1v) is 7.85. The van der Waals surface area contributed by atoms with Crippen molar-refractivity contribution in [2.75, 3.05) is 13.1 Å². The molecule has 0 unspecified atom stereocenters. The number of rotatable bonds is 6. The molecule has 0 aromatic carbocycles. The Morgan fingerprint density at radius 2 is 1.95 bits per heavy atom. The maximum atomic E-state index is 11.4. The minimum absolute atomic E-state index is 0.393. The summed E-state index contributed by atoms with van der Waals surface area (Å²) in [5.74, 6) is 0. The third kappa shape index (κ3) is 7.82. The van der Waals surface area contributed by atoms with Gasteiger partial charge in [0.2, 0.25) is 0 Å². The molecule has 5 nitrogen and oxygen atoms in total. The van der Waals surface area contributed by atoms with Gasteiger partial charge in [0.05, 0.1) is 10.7 Å². The van der Waals surface area contributed by atoms with Crippen LogP contribution in [0.1, 0.15) is 36.3 Å². The molecule has 1 aromatic heterocycles. The Morgan fingerprint density at radius 1 is 1.29 bits per heavy atom. The van der Waals surface area contributed by atoms with Gasteiger partial charge < -0.3 is 15.4 Å². The SMILES string of the molecule is Cc1nc(C)c(CNC/C=C/CNC(=O)OC(C)(C)C)s1. The Hall–Kier alpha value is -1.40. The molecule has 0 saturated carbocycles. The monoisotopic (exact) mass is 311 g/mol. The average Bonchev–Trinajstić information content (AvgIpc) is 2.64. The molecule has 0 aliphatic rings. The Labute approximate surface area is 130 Å². The number of aryl methyl sites for hydroxylation is 2. The van der Waals surface area contributed by atoms with Crippen LogP contribution in [-0.4, -0.2) is 29.8 Å². The van der Waals surface area contributed by atoms with Crippen LogP contribution >= 0.6 is 11.3 Å². The van der Waals surface area contributed by atoms with Gasteiger partial charge in [-0.3, -0.25) is 0 Å². The highest BCUT2D eigenvalue weighted by molar-refractivity contribution is 7.11. The van der Waals surface area contributed by atoms with E-state index in [0.29, 0.717) is 6.54 Å². The van der Waals surface area contributed by atoms with Crippen molar-refractivity contribution in [2.24, 2.45) is 0 Å². The number of ether oxygens (including phenoxy) is 1. The summed E-state index contributed by atoms with van der Waals surface area (Å²) < 4.78 is 5.13. The summed E-state index contributed by atoms with van der Waals surface area (Å²) in [5, 5.41) is 7.10. The number of thiazole rings is 1. The van der Waals surface area contributed by atoms with E-state index < -0.39 is 11.7 Å². The lowest BCUT2D eigenvalue weighted by molar-refractivity contribution is 0.0534. The zero-order chi connectivity index (χ0) is 15.9. The van der Waals surface area contributed by atoms with E-state index in [1.54, 1.807) is 11.3 Å². The number of carbonyl (C=O) groups is 1. The molecule has 1 rings (SSSR count). The molecule has 0 spiro atoms. The predicted molar refractivity (Wildman–Crippen MR) is 86.7 cm³/mol. The van der Waals surface area contributed by atoms with Gasteiger partial charge in [0.25, 0.3) is 0 Å². The van der Waals surface area contributed by atoms with Gasteiger partial charge in [-0.15, -0.1) is 11.3 Å². The zero-order valence-corrected chi connectivity index (χ0v) is 14.3. The molecule has 1 amide bonds. The molecule has 0 aliphatic carbocycles. The first kappa shape index (κ1) is 17.7. The third-order valence-electron chi connectivity index (χ3n) is 2.48. The number of carbonyl (C=O) groups excluding carboxylic acids is 1. The Morgan fingerprint density at radius 3 is 2.52 bits per heavy atom. The molecule has 0 radical (unpaired) electrons. The van der Waals surface area contributed by atoms with Crippen molar-refractivity contribution in [3.8, 4) is 0 Å². The van der Waals surface area contributed by atoms with Crippen LogP contribution in [0.5, 0.6) is 0 Å². The Balaban J connectivity index is 2.13. The summed E-state index contributed by atoms with van der Waals surface area (Å²) in [6.45, 7) is 11.6. The van der Waals surface area contributed by atoms with E-state index in [0.717, 1.165) is 23.8 Å². The molecule has 0 saturated heterocycles. The summed E-state index contributed by atoms with van der Waals surface area (Å²) >= 11 is 1.72. The standard InChI is InChI=1S/C15H25N3O2S/c1-11-13(21-12(2)18-11)10-16-8-6-7-9-17-14(19)20-15(3,4)5/h6-7,16H,8-10H2,1-5H3,(H,17,19)/b7-6+. The lowest BCUT2D eigenvalue weighted by atomic mass is 10.2. The lowest BCUT2D eigenvalue weighted by Crippen LogP contribution is -2.32. The second-order valence-electron chi connectivity index (χ2n) is 5.73. The van der Waals surface area contributed by atoms with Gasteiger partial charge in [0.15, 0.2) is 0 Å². The maximum Gasteiger partial charge on any atom is 0.407 e. The molecular formula is C15H25N3O2S. The molecular weight excluding hydrogens is 286 g/mol. The van der Waals surface area contributed by atoms with Gasteiger partial charge >= 0.3 is 6.09 Å². The van der Waals surface area contributed by atoms with Crippen LogP contribution in [0.3, 0.4) is 0 Å². The van der Waals surface area contributed by atoms with Gasteiger partial charge in [-0.2, -0.15) is 0 Å². The molecule has 0 atom stereocenters. The van der Waals surface area contributed by atoms with Crippen LogP contribution in [0.15, 0.2) is 12.2 Å². The molecule has 1 heterocycles. The van der Waals surface area contributed by atoms with Crippen molar-refractivity contribution < 1.29 is 9.53 Å². The smallest absolute Gasteiger partial charge is 0.407 e. The van der Waals surface area contributed by atoms with Crippen LogP contribution in [0.4, 0.5) is 4.79 Å². The van der Waals surface area contributed by atoms with Gasteiger partial charge in [-0.1, -0.05) is 12.2 Å². The van der Waals surface area contributed by atoms with Gasteiger partial charge in [-0.05, 0) is 34.6 Å². The Kier molecular flexibility index (Phi) is 6.84. The predicted octanol–water partition coefficient (Wildman–Crippen LogP) is 2.93. The fourth-order valence-electron chi connectivity index (χ4n) is 1.63. The first-order chi connectivity index (χ1) is 9.78. The topological polar surface area (TPSA) is 63.2 Å². The van der Waals surface area contributed by atoms with E-state index in [9.17, 15) is 4.79 Å². The second-order valence-corrected chi connectivity index (χ2v) is 7.01. The zero-order valence-electron chi connectivity index (χ0n) is 13.4. The molecule has 0 aliphatic heterocycles. The molecule has 6 heteroatoms. The van der Waals surface area contributed by atoms with E-state index in [-0.39, 0.29) is 0 Å². The number of nitrogens with one attached hydrogen (secondary N) is 2. The van der Waals surface area contributed by atoms with Crippen LogP contribution in [0.25, 0.3) is 0 Å². The van der Waals surface area contributed by atoms with E-state index in [4.69, 9.17) is 4.74 Å². The summed E-state index contributed by atoms with van der Waals surface area (Å²) in [5.41, 5.74) is 0.640. The van der Waals surface area contributed by atoms with E-state index in [1.807, 2.05) is 46.8 Å². The largest absolute Gasteiger partial charge is 0.444 e. The first-order valence-electron chi connectivity index (χ1n) is 7.03. The highest BCUT2D eigenvalue weighted by Crippen LogP contribution is 2.16.